The first kappa shape index (κ1) is 57.4. The number of fused-ring (bicyclic) bond motifs is 10. The van der Waals surface area contributed by atoms with Crippen LogP contribution in [-0.4, -0.2) is 182 Å². The van der Waals surface area contributed by atoms with Gasteiger partial charge in [-0.05, 0) is 84.6 Å². The predicted octanol–water partition coefficient (Wildman–Crippen LogP) is -3.65. The van der Waals surface area contributed by atoms with Crippen molar-refractivity contribution in [2.24, 2.45) is 11.8 Å². The van der Waals surface area contributed by atoms with E-state index in [4.69, 9.17) is 56.3 Å². The summed E-state index contributed by atoms with van der Waals surface area (Å²) in [6, 6.07) is 0. The minimum atomic E-state index is -5.26. The molecule has 11 fully saturated rings. The second-order valence-corrected chi connectivity index (χ2v) is 25.0. The fourth-order valence-electron chi connectivity index (χ4n) is 14.6. The SMILES string of the molecule is C=C1C[C@@H]2O[C@@]3(C)[C@H](C[C@H]2O[C@H]1C(C)=O)O[C@@H]1C[C@@H]2O[C@@H]4C[C@@H]5O[C@@H]6C[C@@H]7O[C@@H]8C[C@@H]9O[C@](C)(OS(=O)(=O)[O-])[C@@H](CCOS(=O)(=O)[O-])C[C@H]9O[C@H]8C[C@H]7O[C@H]6CC[C@@]5(C)O[C@@]4(C)C[C@H](C)[C@H]2O[C@H]1[C@H]3O.[Na+].[Na+]. The van der Waals surface area contributed by atoms with Gasteiger partial charge in [-0.1, -0.05) is 13.5 Å². The van der Waals surface area contributed by atoms with E-state index < -0.39 is 111 Å². The van der Waals surface area contributed by atoms with E-state index in [1.54, 1.807) is 0 Å². The summed E-state index contributed by atoms with van der Waals surface area (Å²) in [6.07, 6.45) is -3.58. The molecule has 0 bridgehead atoms. The van der Waals surface area contributed by atoms with Gasteiger partial charge in [-0.25, -0.2) is 21.0 Å². The molecular weight excluding hydrogens is 1010 g/mol. The zero-order valence-electron chi connectivity index (χ0n) is 42.5. The van der Waals surface area contributed by atoms with E-state index in [1.807, 2.05) is 6.92 Å². The molecule has 25 heteroatoms. The number of hydrogen-bond acceptors (Lipinski definition) is 21. The maximum absolute atomic E-state index is 12.4. The summed E-state index contributed by atoms with van der Waals surface area (Å²) in [4.78, 5) is 12.4. The molecular formula is C47H68Na2O21S2. The van der Waals surface area contributed by atoms with Crippen LogP contribution in [0.4, 0.5) is 0 Å². The first-order valence-corrected chi connectivity index (χ1v) is 27.9. The minimum Gasteiger partial charge on any atom is -0.726 e. The number of aliphatic hydroxyl groups is 1. The fraction of sp³-hybridized carbons (Fsp3) is 0.936. The normalized spacial score (nSPS) is 52.8. The Hall–Kier alpha value is 0.670. The van der Waals surface area contributed by atoms with Gasteiger partial charge in [0.2, 0.25) is 20.8 Å². The number of carbonyl (C=O) groups is 1. The number of Topliss-reactive ketones (excluding diaryl/α,β-unsaturated/α-hetero) is 1. The Kier molecular flexibility index (Phi) is 16.4. The van der Waals surface area contributed by atoms with E-state index >= 15 is 0 Å². The Morgan fingerprint density at radius 2 is 1.22 bits per heavy atom. The average Bonchev–Trinajstić information content (AvgIpc) is 3.44. The summed E-state index contributed by atoms with van der Waals surface area (Å²) < 4.78 is 153. The Bertz CT molecular complexity index is 2280. The monoisotopic (exact) mass is 1080 g/mol. The summed E-state index contributed by atoms with van der Waals surface area (Å²) in [5.41, 5.74) is -1.76. The second-order valence-electron chi connectivity index (χ2n) is 23.0. The van der Waals surface area contributed by atoms with E-state index in [2.05, 4.69) is 31.5 Å². The first-order chi connectivity index (χ1) is 32.8. The Morgan fingerprint density at radius 1 is 0.667 bits per heavy atom. The topological polar surface area (TPSA) is 272 Å². The molecule has 396 valence electrons. The quantitative estimate of drug-likeness (QED) is 0.111. The zero-order chi connectivity index (χ0) is 49.7. The van der Waals surface area contributed by atoms with Crippen molar-refractivity contribution in [2.75, 3.05) is 6.61 Å². The number of ketones is 1. The number of hydrogen-bond donors (Lipinski definition) is 1. The third-order valence-corrected chi connectivity index (χ3v) is 19.0. The van der Waals surface area contributed by atoms with Gasteiger partial charge in [0.1, 0.15) is 23.9 Å². The molecule has 1 N–H and O–H groups in total. The largest absolute Gasteiger partial charge is 1.00 e. The van der Waals surface area contributed by atoms with Crippen molar-refractivity contribution in [2.45, 2.75) is 257 Å². The van der Waals surface area contributed by atoms with E-state index in [-0.39, 0.29) is 145 Å². The number of rotatable bonds is 7. The summed E-state index contributed by atoms with van der Waals surface area (Å²) >= 11 is 0. The number of carbonyl (C=O) groups excluding carboxylic acids is 1. The Labute approximate surface area is 466 Å². The van der Waals surface area contributed by atoms with Crippen LogP contribution in [-0.2, 0) is 86.1 Å². The van der Waals surface area contributed by atoms with Gasteiger partial charge in [0.15, 0.2) is 11.6 Å². The van der Waals surface area contributed by atoms with Crippen LogP contribution in [0.3, 0.4) is 0 Å². The second kappa shape index (κ2) is 20.6. The molecule has 0 aliphatic carbocycles. The fourth-order valence-corrected chi connectivity index (χ4v) is 15.5. The molecule has 0 unspecified atom stereocenters. The molecule has 25 atom stereocenters. The van der Waals surface area contributed by atoms with E-state index in [0.717, 1.165) is 0 Å². The summed E-state index contributed by atoms with van der Waals surface area (Å²) in [5.74, 6) is -2.96. The minimum absolute atomic E-state index is 0. The Balaban J connectivity index is 0.00000320. The third kappa shape index (κ3) is 10.7. The van der Waals surface area contributed by atoms with Crippen molar-refractivity contribution in [1.82, 2.24) is 0 Å². The van der Waals surface area contributed by atoms with Crippen LogP contribution in [0.15, 0.2) is 12.2 Å². The molecule has 11 heterocycles. The van der Waals surface area contributed by atoms with E-state index in [1.165, 1.54) is 13.8 Å². The van der Waals surface area contributed by atoms with Crippen LogP contribution < -0.4 is 59.1 Å². The van der Waals surface area contributed by atoms with Gasteiger partial charge in [-0.3, -0.25) is 8.98 Å². The van der Waals surface area contributed by atoms with Crippen molar-refractivity contribution in [3.63, 3.8) is 0 Å². The summed E-state index contributed by atoms with van der Waals surface area (Å²) in [7, 11) is -10.3. The van der Waals surface area contributed by atoms with Crippen molar-refractivity contribution < 1.29 is 155 Å². The smallest absolute Gasteiger partial charge is 0.726 e. The van der Waals surface area contributed by atoms with Gasteiger partial charge in [-0.15, -0.1) is 0 Å². The van der Waals surface area contributed by atoms with Crippen LogP contribution in [0.25, 0.3) is 0 Å². The molecule has 0 saturated carbocycles. The molecule has 0 spiro atoms. The summed E-state index contributed by atoms with van der Waals surface area (Å²) in [5, 5.41) is 12.1. The van der Waals surface area contributed by atoms with Gasteiger partial charge < -0.3 is 66.3 Å². The first-order valence-electron chi connectivity index (χ1n) is 25.2. The van der Waals surface area contributed by atoms with Gasteiger partial charge in [0, 0.05) is 44.4 Å². The van der Waals surface area contributed by atoms with Gasteiger partial charge in [0.05, 0.1) is 115 Å². The maximum Gasteiger partial charge on any atom is 1.00 e. The molecule has 11 rings (SSSR count). The number of ether oxygens (including phenoxy) is 11. The zero-order valence-corrected chi connectivity index (χ0v) is 48.1. The molecule has 11 aliphatic heterocycles. The molecule has 0 radical (unpaired) electrons. The van der Waals surface area contributed by atoms with Crippen LogP contribution >= 0.6 is 0 Å². The predicted molar refractivity (Wildman–Crippen MR) is 234 cm³/mol. The molecule has 0 aromatic rings. The maximum atomic E-state index is 12.4. The van der Waals surface area contributed by atoms with Crippen LogP contribution in [0, 0.1) is 11.8 Å². The van der Waals surface area contributed by atoms with Crippen molar-refractivity contribution >= 4 is 26.6 Å². The average molecular weight is 1080 g/mol. The van der Waals surface area contributed by atoms with Crippen molar-refractivity contribution in [3.8, 4) is 0 Å². The van der Waals surface area contributed by atoms with Crippen LogP contribution in [0.5, 0.6) is 0 Å². The molecule has 0 aromatic carbocycles. The van der Waals surface area contributed by atoms with Crippen LogP contribution in [0.1, 0.15) is 119 Å². The summed E-state index contributed by atoms with van der Waals surface area (Å²) in [6.45, 7) is 14.6. The van der Waals surface area contributed by atoms with Gasteiger partial charge in [0.25, 0.3) is 0 Å². The molecule has 72 heavy (non-hydrogen) atoms. The van der Waals surface area contributed by atoms with Gasteiger partial charge >= 0.3 is 59.1 Å². The third-order valence-electron chi connectivity index (χ3n) is 18.0. The number of aliphatic hydroxyl groups excluding tert-OH is 1. The Morgan fingerprint density at radius 3 is 1.88 bits per heavy atom. The molecule has 0 amide bonds. The van der Waals surface area contributed by atoms with Crippen LogP contribution in [0.2, 0.25) is 0 Å². The van der Waals surface area contributed by atoms with E-state index in [9.17, 15) is 35.8 Å². The van der Waals surface area contributed by atoms with Crippen molar-refractivity contribution in [1.29, 1.82) is 0 Å². The molecule has 21 nitrogen and oxygen atoms in total. The molecule has 11 saturated heterocycles. The molecule has 11 aliphatic rings. The molecule has 0 aromatic heterocycles. The van der Waals surface area contributed by atoms with Crippen molar-refractivity contribution in [3.05, 3.63) is 12.2 Å². The standard InChI is InChI=1S/C47H70O21S2.2Na/c1-21-12-33-32(63-40(21)23(3)48)18-39-46(6,65-33)43(49)42-36(62-39)17-35-41(64-42)22(2)20-45(5)38(61-35)19-37-44(4,67-45)10-8-25-27(60-37)14-29-28(57-25)15-30-31(59-29)16-34-26(58-30)13-24(9-11-56-69(50,51)52)47(7,66-34)68-70(53,54)55;;/h22,24-43,49H,1,8-20H2,2-7H3,(H,50,51,52)(H,53,54,55);;/q;2*+1/p-2/t22-,24-,25-,26+,27+,28+,29-,30-,31+,32+,33-,34-,35-,36+,37-,38+,39-,40+,41+,42+,43+,44+,45-,46-,47+;;/m0../s1. The van der Waals surface area contributed by atoms with Gasteiger partial charge in [-0.2, -0.15) is 0 Å². The van der Waals surface area contributed by atoms with E-state index in [0.29, 0.717) is 69.8 Å².